The van der Waals surface area contributed by atoms with Crippen molar-refractivity contribution in [1.29, 1.82) is 0 Å². The van der Waals surface area contributed by atoms with Crippen LogP contribution in [0.2, 0.25) is 0 Å². The minimum absolute atomic E-state index is 0.106. The molecule has 0 aliphatic heterocycles. The van der Waals surface area contributed by atoms with E-state index in [-0.39, 0.29) is 17.8 Å². The predicted octanol–water partition coefficient (Wildman–Crippen LogP) is 15.2. The number of ether oxygens (including phenoxy) is 1. The van der Waals surface area contributed by atoms with Crippen LogP contribution >= 0.6 is 0 Å². The maximum Gasteiger partial charge on any atom is 0.302 e. The molecule has 0 aliphatic rings. The van der Waals surface area contributed by atoms with Crippen molar-refractivity contribution in [2.24, 2.45) is 0 Å². The standard InChI is InChI=1S/2C31H26N4O.C4H8O2/c2*32-24-13-19-29(20-14-24)34(30-21-15-25(33)16-22-30)28-17-11-23(12-18-28)31(36)35(26-7-3-1-4-8-26)27-9-5-2-6-10-27;1-3-6-4(2)5/h2*1-22H,32-33H2;3H2,1-2H3. The minimum Gasteiger partial charge on any atom is -0.466 e. The Morgan fingerprint density at radius 1 is 0.308 bits per heavy atom. The van der Waals surface area contributed by atoms with Crippen molar-refractivity contribution in [3.8, 4) is 0 Å². The Morgan fingerprint density at radius 2 is 0.513 bits per heavy atom. The summed E-state index contributed by atoms with van der Waals surface area (Å²) >= 11 is 0. The molecule has 8 N–H and O–H groups in total. The lowest BCUT2D eigenvalue weighted by Gasteiger charge is -2.26. The number of hydrogen-bond acceptors (Lipinski definition) is 10. The Labute approximate surface area is 455 Å². The normalized spacial score (nSPS) is 10.3. The van der Waals surface area contributed by atoms with E-state index in [1.807, 2.05) is 267 Å². The number of carbonyl (C=O) groups is 3. The first-order valence-corrected chi connectivity index (χ1v) is 25.2. The first kappa shape index (κ1) is 53.7. The Kier molecular flexibility index (Phi) is 17.9. The number of carbonyl (C=O) groups excluding carboxylic acids is 3. The molecule has 10 aromatic rings. The number of nitrogens with two attached hydrogens (primary N) is 4. The van der Waals surface area contributed by atoms with Crippen LogP contribution < -0.4 is 42.5 Å². The highest BCUT2D eigenvalue weighted by atomic mass is 16.5. The fourth-order valence-electron chi connectivity index (χ4n) is 8.43. The molecule has 388 valence electrons. The molecule has 10 rings (SSSR count). The van der Waals surface area contributed by atoms with Crippen LogP contribution in [0.15, 0.2) is 267 Å². The zero-order chi connectivity index (χ0) is 54.8. The van der Waals surface area contributed by atoms with Gasteiger partial charge in [-0.2, -0.15) is 0 Å². The summed E-state index contributed by atoms with van der Waals surface area (Å²) in [7, 11) is 0. The van der Waals surface area contributed by atoms with Crippen LogP contribution in [0.1, 0.15) is 34.6 Å². The van der Waals surface area contributed by atoms with E-state index in [1.54, 1.807) is 16.7 Å². The van der Waals surface area contributed by atoms with Crippen molar-refractivity contribution in [3.05, 3.63) is 278 Å². The minimum atomic E-state index is -0.211. The third-order valence-corrected chi connectivity index (χ3v) is 12.2. The van der Waals surface area contributed by atoms with E-state index < -0.39 is 0 Å². The summed E-state index contributed by atoms with van der Waals surface area (Å²) < 4.78 is 4.40. The van der Waals surface area contributed by atoms with Gasteiger partial charge in [-0.25, -0.2) is 0 Å². The van der Waals surface area contributed by atoms with Gasteiger partial charge in [0.05, 0.1) is 6.61 Å². The second kappa shape index (κ2) is 26.1. The van der Waals surface area contributed by atoms with E-state index in [0.717, 1.165) is 56.9 Å². The molecule has 0 aromatic heterocycles. The smallest absolute Gasteiger partial charge is 0.302 e. The van der Waals surface area contributed by atoms with Crippen LogP contribution in [0, 0.1) is 0 Å². The zero-order valence-electron chi connectivity index (χ0n) is 43.3. The Hall–Kier alpha value is -10.6. The lowest BCUT2D eigenvalue weighted by atomic mass is 10.1. The Morgan fingerprint density at radius 3 is 0.692 bits per heavy atom. The van der Waals surface area contributed by atoms with Gasteiger partial charge < -0.3 is 37.5 Å². The van der Waals surface area contributed by atoms with Gasteiger partial charge in [-0.15, -0.1) is 0 Å². The average molecular weight is 1030 g/mol. The molecule has 12 nitrogen and oxygen atoms in total. The van der Waals surface area contributed by atoms with Gasteiger partial charge in [0.15, 0.2) is 0 Å². The molecule has 2 amide bonds. The molecule has 10 aromatic carbocycles. The molecule has 0 saturated heterocycles. The summed E-state index contributed by atoms with van der Waals surface area (Å²) in [6.45, 7) is 3.65. The van der Waals surface area contributed by atoms with Gasteiger partial charge in [-0.1, -0.05) is 72.8 Å². The van der Waals surface area contributed by atoms with Crippen molar-refractivity contribution < 1.29 is 19.1 Å². The predicted molar refractivity (Wildman–Crippen MR) is 321 cm³/mol. The number of nitrogen functional groups attached to an aromatic ring is 4. The molecule has 0 saturated carbocycles. The first-order valence-electron chi connectivity index (χ1n) is 25.2. The Bertz CT molecular complexity index is 3080. The fourth-order valence-corrected chi connectivity index (χ4v) is 8.43. The summed E-state index contributed by atoms with van der Waals surface area (Å²) in [6, 6.07) is 84.6. The van der Waals surface area contributed by atoms with Gasteiger partial charge in [0.1, 0.15) is 0 Å². The van der Waals surface area contributed by atoms with Crippen molar-refractivity contribution in [2.45, 2.75) is 13.8 Å². The average Bonchev–Trinajstić information content (AvgIpc) is 3.49. The maximum absolute atomic E-state index is 13.7. The summed E-state index contributed by atoms with van der Waals surface area (Å²) in [5, 5.41) is 0. The van der Waals surface area contributed by atoms with Crippen LogP contribution in [0.4, 0.5) is 79.6 Å². The van der Waals surface area contributed by atoms with E-state index >= 15 is 0 Å². The highest BCUT2D eigenvalue weighted by Gasteiger charge is 2.23. The van der Waals surface area contributed by atoms with Crippen molar-refractivity contribution in [2.75, 3.05) is 49.1 Å². The van der Waals surface area contributed by atoms with Crippen LogP contribution in [0.5, 0.6) is 0 Å². The van der Waals surface area contributed by atoms with Gasteiger partial charge in [0, 0.05) is 97.7 Å². The molecule has 0 heterocycles. The molecule has 0 aliphatic carbocycles. The second-order valence-corrected chi connectivity index (χ2v) is 17.7. The molecule has 0 fully saturated rings. The number of anilines is 14. The summed E-state index contributed by atoms with van der Waals surface area (Å²) in [5.41, 5.74) is 36.5. The highest BCUT2D eigenvalue weighted by molar-refractivity contribution is 6.12. The van der Waals surface area contributed by atoms with E-state index in [9.17, 15) is 14.4 Å². The van der Waals surface area contributed by atoms with E-state index in [4.69, 9.17) is 22.9 Å². The van der Waals surface area contributed by atoms with Crippen molar-refractivity contribution in [1.82, 2.24) is 0 Å². The number of esters is 1. The van der Waals surface area contributed by atoms with Crippen LogP contribution in [0.25, 0.3) is 0 Å². The molecule has 0 bridgehead atoms. The number of amides is 2. The van der Waals surface area contributed by atoms with Crippen LogP contribution in [-0.2, 0) is 9.53 Å². The largest absolute Gasteiger partial charge is 0.466 e. The van der Waals surface area contributed by atoms with E-state index in [1.165, 1.54) is 6.92 Å². The topological polar surface area (TPSA) is 177 Å². The number of para-hydroxylation sites is 4. The SMILES string of the molecule is CCOC(C)=O.Nc1ccc(N(c2ccc(N)cc2)c2ccc(C(=O)N(c3ccccc3)c3ccccc3)cc2)cc1.Nc1ccc(N(c2ccc(N)cc2)c2ccc(C(=O)N(c3ccccc3)c3ccccc3)cc2)cc1. The molecule has 0 atom stereocenters. The molecule has 0 unspecified atom stereocenters. The van der Waals surface area contributed by atoms with E-state index in [0.29, 0.717) is 40.5 Å². The third kappa shape index (κ3) is 13.8. The van der Waals surface area contributed by atoms with Crippen LogP contribution in [-0.4, -0.2) is 24.4 Å². The van der Waals surface area contributed by atoms with Gasteiger partial charge in [0.2, 0.25) is 0 Å². The molecule has 0 radical (unpaired) electrons. The zero-order valence-corrected chi connectivity index (χ0v) is 43.3. The summed E-state index contributed by atoms with van der Waals surface area (Å²) in [6.07, 6.45) is 0. The monoisotopic (exact) mass is 1030 g/mol. The lowest BCUT2D eigenvalue weighted by molar-refractivity contribution is -0.140. The second-order valence-electron chi connectivity index (χ2n) is 17.7. The molecular formula is C66H60N8O4. The fraction of sp³-hybridized carbons (Fsp3) is 0.0455. The van der Waals surface area contributed by atoms with Gasteiger partial charge in [-0.3, -0.25) is 24.2 Å². The molecule has 78 heavy (non-hydrogen) atoms. The third-order valence-electron chi connectivity index (χ3n) is 12.2. The van der Waals surface area contributed by atoms with Gasteiger partial charge in [0.25, 0.3) is 11.8 Å². The van der Waals surface area contributed by atoms with Gasteiger partial charge in [-0.05, 0) is 201 Å². The van der Waals surface area contributed by atoms with Gasteiger partial charge >= 0.3 is 5.97 Å². The number of rotatable bonds is 13. The molecule has 12 heteroatoms. The Balaban J connectivity index is 0.000000186. The van der Waals surface area contributed by atoms with E-state index in [2.05, 4.69) is 14.5 Å². The lowest BCUT2D eigenvalue weighted by Crippen LogP contribution is -2.25. The number of nitrogens with zero attached hydrogens (tertiary/aromatic N) is 4. The quantitative estimate of drug-likeness (QED) is 0.0642. The first-order chi connectivity index (χ1) is 38.0. The van der Waals surface area contributed by atoms with Crippen molar-refractivity contribution in [3.63, 3.8) is 0 Å². The highest BCUT2D eigenvalue weighted by Crippen LogP contribution is 2.38. The summed E-state index contributed by atoms with van der Waals surface area (Å²) in [5.74, 6) is -0.423. The van der Waals surface area contributed by atoms with Crippen molar-refractivity contribution >= 4 is 97.4 Å². The van der Waals surface area contributed by atoms with Crippen LogP contribution in [0.3, 0.4) is 0 Å². The summed E-state index contributed by atoms with van der Waals surface area (Å²) in [4.78, 5) is 44.9. The number of benzene rings is 10. The molecule has 0 spiro atoms. The number of hydrogen-bond donors (Lipinski definition) is 4. The molecular weight excluding hydrogens is 969 g/mol. The maximum atomic E-state index is 13.7.